The fraction of sp³-hybridized carbons (Fsp3) is 0.472. The summed E-state index contributed by atoms with van der Waals surface area (Å²) in [6.45, 7) is 24.3. The summed E-state index contributed by atoms with van der Waals surface area (Å²) in [7, 11) is -4.21. The van der Waals surface area contributed by atoms with Crippen LogP contribution in [0.4, 0.5) is 5.69 Å². The maximum Gasteiger partial charge on any atom is 0.250 e. The number of carbonyl (C=O) groups excluding carboxylic acids is 1. The van der Waals surface area contributed by atoms with Crippen molar-refractivity contribution in [2.75, 3.05) is 18.2 Å². The first kappa shape index (κ1) is 33.7. The molecule has 3 aromatic carbocycles. The number of hydrogen-bond donors (Lipinski definition) is 1. The van der Waals surface area contributed by atoms with Gasteiger partial charge >= 0.3 is 0 Å². The highest BCUT2D eigenvalue weighted by Crippen LogP contribution is 2.43. The van der Waals surface area contributed by atoms with Crippen LogP contribution >= 0.6 is 0 Å². The molecule has 3 aromatic rings. The smallest absolute Gasteiger partial charge is 0.250 e. The van der Waals surface area contributed by atoms with Crippen LogP contribution in [-0.4, -0.2) is 35.8 Å². The van der Waals surface area contributed by atoms with E-state index in [0.717, 1.165) is 47.0 Å². The molecular formula is C36H52N2O4Si2. The molecule has 0 bridgehead atoms. The number of anilines is 1. The lowest BCUT2D eigenvalue weighted by molar-refractivity contribution is -0.120. The third-order valence-electron chi connectivity index (χ3n) is 9.43. The fourth-order valence-corrected chi connectivity index (χ4v) is 6.57. The molecule has 1 amide bonds. The molecule has 1 aliphatic heterocycles. The van der Waals surface area contributed by atoms with Gasteiger partial charge in [0.15, 0.2) is 6.73 Å². The monoisotopic (exact) mass is 632 g/mol. The molecule has 8 heteroatoms. The minimum absolute atomic E-state index is 0.00196. The van der Waals surface area contributed by atoms with E-state index in [1.54, 1.807) is 0 Å². The van der Waals surface area contributed by atoms with Crippen LogP contribution in [0.2, 0.25) is 36.3 Å². The average Bonchev–Trinajstić information content (AvgIpc) is 2.93. The molecule has 4 rings (SSSR count). The lowest BCUT2D eigenvalue weighted by Gasteiger charge is -2.39. The zero-order valence-electron chi connectivity index (χ0n) is 28.5. The molecule has 1 N–H and O–H groups in total. The second-order valence-electron chi connectivity index (χ2n) is 15.0. The molecule has 1 heterocycles. The van der Waals surface area contributed by atoms with E-state index < -0.39 is 16.6 Å². The number of nitrogens with zero attached hydrogens (tertiary/aromatic N) is 1. The maximum atomic E-state index is 13.0. The molecule has 6 nitrogen and oxygen atoms in total. The van der Waals surface area contributed by atoms with E-state index in [0.29, 0.717) is 13.3 Å². The van der Waals surface area contributed by atoms with Crippen molar-refractivity contribution in [2.45, 2.75) is 97.2 Å². The number of carbonyl (C=O) groups is 1. The number of ether oxygens (including phenoxy) is 1. The van der Waals surface area contributed by atoms with Crippen molar-refractivity contribution in [1.29, 1.82) is 0 Å². The summed E-state index contributed by atoms with van der Waals surface area (Å²) in [6.07, 6.45) is 1.04. The summed E-state index contributed by atoms with van der Waals surface area (Å²) < 4.78 is 19.5. The van der Waals surface area contributed by atoms with Crippen LogP contribution < -0.4 is 23.8 Å². The number of benzene rings is 3. The van der Waals surface area contributed by atoms with Crippen LogP contribution in [0.3, 0.4) is 0 Å². The zero-order chi connectivity index (χ0) is 32.3. The number of hydrogen-bond acceptors (Lipinski definition) is 5. The van der Waals surface area contributed by atoms with Crippen LogP contribution in [-0.2, 0) is 24.2 Å². The molecule has 44 heavy (non-hydrogen) atoms. The summed E-state index contributed by atoms with van der Waals surface area (Å²) in [5, 5.41) is 3.22. The number of amides is 1. The van der Waals surface area contributed by atoms with Gasteiger partial charge in [0, 0.05) is 24.3 Å². The Morgan fingerprint density at radius 3 is 2.07 bits per heavy atom. The van der Waals surface area contributed by atoms with Gasteiger partial charge in [-0.25, -0.2) is 0 Å². The molecular weight excluding hydrogens is 581 g/mol. The lowest BCUT2D eigenvalue weighted by Crippen LogP contribution is -2.45. The number of fused-ring (bicyclic) bond motifs is 1. The van der Waals surface area contributed by atoms with Crippen molar-refractivity contribution in [2.24, 2.45) is 0 Å². The van der Waals surface area contributed by atoms with Gasteiger partial charge in [0.2, 0.25) is 5.91 Å². The van der Waals surface area contributed by atoms with E-state index in [-0.39, 0.29) is 22.4 Å². The molecule has 0 atom stereocenters. The fourth-order valence-electron chi connectivity index (χ4n) is 4.53. The lowest BCUT2D eigenvalue weighted by atomic mass is 10.1. The van der Waals surface area contributed by atoms with E-state index in [2.05, 4.69) is 102 Å². The maximum absolute atomic E-state index is 13.0. The highest BCUT2D eigenvalue weighted by atomic mass is 28.4. The predicted molar refractivity (Wildman–Crippen MR) is 187 cm³/mol. The number of rotatable bonds is 10. The summed E-state index contributed by atoms with van der Waals surface area (Å²) >= 11 is 0. The minimum atomic E-state index is -2.13. The molecule has 0 aromatic heterocycles. The van der Waals surface area contributed by atoms with Crippen LogP contribution in [0.25, 0.3) is 0 Å². The van der Waals surface area contributed by atoms with E-state index in [1.807, 2.05) is 42.5 Å². The molecule has 0 unspecified atom stereocenters. The summed E-state index contributed by atoms with van der Waals surface area (Å²) in [5.41, 5.74) is 4.41. The van der Waals surface area contributed by atoms with E-state index in [1.165, 1.54) is 5.56 Å². The second-order valence-corrected chi connectivity index (χ2v) is 24.5. The van der Waals surface area contributed by atoms with Gasteiger partial charge in [0.05, 0.1) is 6.42 Å². The van der Waals surface area contributed by atoms with Crippen molar-refractivity contribution >= 4 is 28.2 Å². The van der Waals surface area contributed by atoms with Gasteiger partial charge in [-0.2, -0.15) is 0 Å². The van der Waals surface area contributed by atoms with Crippen LogP contribution in [0, 0.1) is 0 Å². The van der Waals surface area contributed by atoms with Gasteiger partial charge in [0.25, 0.3) is 16.6 Å². The Morgan fingerprint density at radius 1 is 0.818 bits per heavy atom. The summed E-state index contributed by atoms with van der Waals surface area (Å²) in [4.78, 5) is 15.3. The largest absolute Gasteiger partial charge is 0.541 e. The Bertz CT molecular complexity index is 1440. The van der Waals surface area contributed by atoms with Crippen molar-refractivity contribution in [3.05, 3.63) is 83.4 Å². The molecule has 0 spiro atoms. The third-order valence-corrected chi connectivity index (χ3v) is 18.1. The third kappa shape index (κ3) is 8.27. The van der Waals surface area contributed by atoms with Gasteiger partial charge in [-0.3, -0.25) is 4.79 Å². The molecule has 1 aliphatic rings. The first-order valence-electron chi connectivity index (χ1n) is 15.8. The highest BCUT2D eigenvalue weighted by Gasteiger charge is 2.42. The predicted octanol–water partition coefficient (Wildman–Crippen LogP) is 8.71. The van der Waals surface area contributed by atoms with E-state index in [9.17, 15) is 4.79 Å². The van der Waals surface area contributed by atoms with Gasteiger partial charge in [0.1, 0.15) is 17.2 Å². The average molecular weight is 633 g/mol. The number of nitrogens with one attached hydrogen (secondary N) is 1. The summed E-state index contributed by atoms with van der Waals surface area (Å²) in [5.74, 6) is 2.47. The van der Waals surface area contributed by atoms with Crippen molar-refractivity contribution in [1.82, 2.24) is 5.32 Å². The quantitative estimate of drug-likeness (QED) is 0.227. The Labute approximate surface area is 267 Å². The molecule has 0 aliphatic carbocycles. The standard InChI is InChI=1S/C36H52N2O4Si2/c1-35(2,3)43(7,8)41-32-19-17-28(23-33(32)42-44(9,10)36(4,5)6)24-34(39)37-21-20-27-16-18-31-29(22-27)25-38(26-40-31)30-14-12-11-13-15-30/h11-19,22-23H,20-21,24-26H2,1-10H3,(H,37,39). The topological polar surface area (TPSA) is 60.0 Å². The molecule has 0 saturated heterocycles. The first-order chi connectivity index (χ1) is 20.4. The Morgan fingerprint density at radius 2 is 1.43 bits per heavy atom. The first-order valence-corrected chi connectivity index (χ1v) is 21.6. The second kappa shape index (κ2) is 13.0. The zero-order valence-corrected chi connectivity index (χ0v) is 30.5. The Kier molecular flexibility index (Phi) is 9.95. The molecule has 0 saturated carbocycles. The van der Waals surface area contributed by atoms with E-state index in [4.69, 9.17) is 13.6 Å². The molecule has 0 fully saturated rings. The molecule has 238 valence electrons. The van der Waals surface area contributed by atoms with Gasteiger partial charge in [-0.15, -0.1) is 0 Å². The van der Waals surface area contributed by atoms with Crippen molar-refractivity contribution in [3.8, 4) is 17.2 Å². The summed E-state index contributed by atoms with van der Waals surface area (Å²) in [6, 6.07) is 22.7. The number of para-hydroxylation sites is 1. The Balaban J connectivity index is 1.40. The van der Waals surface area contributed by atoms with Gasteiger partial charge < -0.3 is 23.8 Å². The van der Waals surface area contributed by atoms with Crippen LogP contribution in [0.15, 0.2) is 66.7 Å². The van der Waals surface area contributed by atoms with Crippen LogP contribution in [0.1, 0.15) is 58.2 Å². The SMILES string of the molecule is CC(C)(C)[Si](C)(C)Oc1ccc(CC(=O)NCCc2ccc3c(c2)CN(c2ccccc2)CO3)cc1O[Si](C)(C)C(C)(C)C. The normalized spacial score (nSPS) is 14.0. The highest BCUT2D eigenvalue weighted by molar-refractivity contribution is 6.75. The van der Waals surface area contributed by atoms with Crippen LogP contribution in [0.5, 0.6) is 17.2 Å². The van der Waals surface area contributed by atoms with Gasteiger partial charge in [-0.05, 0) is 84.1 Å². The van der Waals surface area contributed by atoms with E-state index >= 15 is 0 Å². The minimum Gasteiger partial charge on any atom is -0.541 e. The Hall–Kier alpha value is -3.24. The van der Waals surface area contributed by atoms with Gasteiger partial charge in [-0.1, -0.05) is 77.9 Å². The van der Waals surface area contributed by atoms with Crippen molar-refractivity contribution < 1.29 is 18.4 Å². The van der Waals surface area contributed by atoms with Crippen molar-refractivity contribution in [3.63, 3.8) is 0 Å². The molecule has 0 radical (unpaired) electrons.